The summed E-state index contributed by atoms with van der Waals surface area (Å²) < 4.78 is 5.94. The predicted molar refractivity (Wildman–Crippen MR) is 82.5 cm³/mol. The Morgan fingerprint density at radius 2 is 2.05 bits per heavy atom. The molecule has 2 N–H and O–H groups in total. The van der Waals surface area contributed by atoms with E-state index in [1.54, 1.807) is 6.20 Å². The van der Waals surface area contributed by atoms with E-state index in [-0.39, 0.29) is 0 Å². The number of ether oxygens (including phenoxy) is 1. The first-order valence-corrected chi connectivity index (χ1v) is 7.02. The molecule has 0 saturated carbocycles. The number of hydrogen-bond donors (Lipinski definition) is 1. The van der Waals surface area contributed by atoms with Gasteiger partial charge in [-0.1, -0.05) is 25.4 Å². The van der Waals surface area contributed by atoms with Gasteiger partial charge in [0.2, 0.25) is 0 Å². The second-order valence-corrected chi connectivity index (χ2v) is 5.49. The zero-order valence-electron chi connectivity index (χ0n) is 12.0. The number of benzene rings is 1. The molecule has 0 saturated heterocycles. The molecule has 2 aromatic rings. The van der Waals surface area contributed by atoms with Crippen molar-refractivity contribution in [1.82, 2.24) is 4.98 Å². The molecule has 4 heteroatoms. The van der Waals surface area contributed by atoms with Gasteiger partial charge in [0, 0.05) is 23.8 Å². The maximum atomic E-state index is 6.27. The fourth-order valence-corrected chi connectivity index (χ4v) is 2.42. The highest BCUT2D eigenvalue weighted by Crippen LogP contribution is 2.33. The Hall–Kier alpha value is -1.58. The molecule has 0 bridgehead atoms. The lowest BCUT2D eigenvalue weighted by Crippen LogP contribution is -1.99. The minimum Gasteiger partial charge on any atom is -0.457 e. The number of pyridine rings is 1. The Bertz CT molecular complexity index is 611. The molecule has 2 rings (SSSR count). The van der Waals surface area contributed by atoms with E-state index in [2.05, 4.69) is 18.8 Å². The number of aryl methyl sites for hydroxylation is 1. The lowest BCUT2D eigenvalue weighted by molar-refractivity contribution is 0.476. The molecule has 106 valence electrons. The summed E-state index contributed by atoms with van der Waals surface area (Å²) in [5.74, 6) is 1.90. The second kappa shape index (κ2) is 6.25. The van der Waals surface area contributed by atoms with Gasteiger partial charge < -0.3 is 10.5 Å². The fraction of sp³-hybridized carbons (Fsp3) is 0.312. The van der Waals surface area contributed by atoms with Crippen molar-refractivity contribution in [3.63, 3.8) is 0 Å². The van der Waals surface area contributed by atoms with Crippen LogP contribution in [0.15, 0.2) is 30.5 Å². The quantitative estimate of drug-likeness (QED) is 0.907. The van der Waals surface area contributed by atoms with Gasteiger partial charge in [0.05, 0.1) is 5.69 Å². The third-order valence-corrected chi connectivity index (χ3v) is 3.47. The molecule has 0 spiro atoms. The van der Waals surface area contributed by atoms with E-state index >= 15 is 0 Å². The molecule has 0 radical (unpaired) electrons. The van der Waals surface area contributed by atoms with Crippen molar-refractivity contribution in [2.45, 2.75) is 33.2 Å². The number of hydrogen-bond acceptors (Lipinski definition) is 3. The fourth-order valence-electron chi connectivity index (χ4n) is 1.98. The first kappa shape index (κ1) is 14.8. The van der Waals surface area contributed by atoms with Crippen LogP contribution in [-0.4, -0.2) is 4.98 Å². The molecule has 1 aromatic carbocycles. The highest BCUT2D eigenvalue weighted by molar-refractivity contribution is 6.31. The summed E-state index contributed by atoms with van der Waals surface area (Å²) in [5.41, 5.74) is 8.48. The molecule has 0 aliphatic rings. The molecule has 0 amide bonds. The smallest absolute Gasteiger partial charge is 0.130 e. The lowest BCUT2D eigenvalue weighted by Gasteiger charge is -2.14. The standard InChI is InChI=1S/C16H19ClN2O/c1-10(2)14-8-16(11(3)6-15(14)17)20-13-4-5-19-12(7-13)9-18/h4-8,10H,9,18H2,1-3H3. The van der Waals surface area contributed by atoms with Crippen LogP contribution in [0, 0.1) is 6.92 Å². The SMILES string of the molecule is Cc1cc(Cl)c(C(C)C)cc1Oc1ccnc(CN)c1. The summed E-state index contributed by atoms with van der Waals surface area (Å²) in [6, 6.07) is 7.62. The Kier molecular flexibility index (Phi) is 4.63. The number of rotatable bonds is 4. The van der Waals surface area contributed by atoms with E-state index in [0.29, 0.717) is 12.5 Å². The Labute approximate surface area is 124 Å². The van der Waals surface area contributed by atoms with Gasteiger partial charge in [-0.05, 0) is 42.2 Å². The van der Waals surface area contributed by atoms with E-state index in [1.165, 1.54) is 0 Å². The molecule has 0 fully saturated rings. The molecule has 0 aliphatic carbocycles. The van der Waals surface area contributed by atoms with Gasteiger partial charge in [0.25, 0.3) is 0 Å². The van der Waals surface area contributed by atoms with Crippen LogP contribution in [0.2, 0.25) is 5.02 Å². The van der Waals surface area contributed by atoms with Crippen LogP contribution in [0.3, 0.4) is 0 Å². The van der Waals surface area contributed by atoms with Crippen molar-refractivity contribution in [3.05, 3.63) is 52.3 Å². The van der Waals surface area contributed by atoms with E-state index < -0.39 is 0 Å². The van der Waals surface area contributed by atoms with Crippen molar-refractivity contribution in [2.24, 2.45) is 5.73 Å². The largest absolute Gasteiger partial charge is 0.457 e. The number of halogens is 1. The van der Waals surface area contributed by atoms with Crippen LogP contribution in [0.25, 0.3) is 0 Å². The number of nitrogens with zero attached hydrogens (tertiary/aromatic N) is 1. The van der Waals surface area contributed by atoms with E-state index in [1.807, 2.05) is 31.2 Å². The summed E-state index contributed by atoms with van der Waals surface area (Å²) in [6.07, 6.45) is 1.70. The molecule has 20 heavy (non-hydrogen) atoms. The van der Waals surface area contributed by atoms with Crippen molar-refractivity contribution in [3.8, 4) is 11.5 Å². The zero-order chi connectivity index (χ0) is 14.7. The first-order valence-electron chi connectivity index (χ1n) is 6.64. The van der Waals surface area contributed by atoms with E-state index in [4.69, 9.17) is 22.1 Å². The molecule has 1 heterocycles. The normalized spacial score (nSPS) is 10.9. The maximum Gasteiger partial charge on any atom is 0.130 e. The first-order chi connectivity index (χ1) is 9.51. The highest BCUT2D eigenvalue weighted by atomic mass is 35.5. The van der Waals surface area contributed by atoms with Gasteiger partial charge in [-0.2, -0.15) is 0 Å². The van der Waals surface area contributed by atoms with Crippen LogP contribution >= 0.6 is 11.6 Å². The van der Waals surface area contributed by atoms with Crippen LogP contribution in [0.5, 0.6) is 11.5 Å². The summed E-state index contributed by atoms with van der Waals surface area (Å²) >= 11 is 6.27. The average molecular weight is 291 g/mol. The van der Waals surface area contributed by atoms with Gasteiger partial charge in [-0.15, -0.1) is 0 Å². The van der Waals surface area contributed by atoms with Crippen molar-refractivity contribution >= 4 is 11.6 Å². The van der Waals surface area contributed by atoms with Gasteiger partial charge in [0.1, 0.15) is 11.5 Å². The van der Waals surface area contributed by atoms with Gasteiger partial charge in [0.15, 0.2) is 0 Å². The van der Waals surface area contributed by atoms with Crippen LogP contribution in [-0.2, 0) is 6.54 Å². The molecular formula is C16H19ClN2O. The van der Waals surface area contributed by atoms with Gasteiger partial charge >= 0.3 is 0 Å². The third kappa shape index (κ3) is 3.30. The van der Waals surface area contributed by atoms with Gasteiger partial charge in [-0.25, -0.2) is 0 Å². The molecule has 3 nitrogen and oxygen atoms in total. The monoisotopic (exact) mass is 290 g/mol. The van der Waals surface area contributed by atoms with Crippen molar-refractivity contribution in [2.75, 3.05) is 0 Å². The van der Waals surface area contributed by atoms with Crippen LogP contribution < -0.4 is 10.5 Å². The maximum absolute atomic E-state index is 6.27. The van der Waals surface area contributed by atoms with Crippen LogP contribution in [0.1, 0.15) is 36.6 Å². The van der Waals surface area contributed by atoms with Crippen molar-refractivity contribution < 1.29 is 4.74 Å². The summed E-state index contributed by atoms with van der Waals surface area (Å²) in [6.45, 7) is 6.60. The molecule has 0 atom stereocenters. The number of nitrogens with two attached hydrogens (primary N) is 1. The molecule has 0 aliphatic heterocycles. The second-order valence-electron chi connectivity index (χ2n) is 5.08. The Balaban J connectivity index is 2.35. The summed E-state index contributed by atoms with van der Waals surface area (Å²) in [5, 5.41) is 0.780. The highest BCUT2D eigenvalue weighted by Gasteiger charge is 2.11. The third-order valence-electron chi connectivity index (χ3n) is 3.14. The van der Waals surface area contributed by atoms with E-state index in [9.17, 15) is 0 Å². The minimum absolute atomic E-state index is 0.350. The van der Waals surface area contributed by atoms with Crippen LogP contribution in [0.4, 0.5) is 0 Å². The lowest BCUT2D eigenvalue weighted by atomic mass is 10.0. The number of aromatic nitrogens is 1. The zero-order valence-corrected chi connectivity index (χ0v) is 12.7. The molecule has 0 unspecified atom stereocenters. The summed E-state index contributed by atoms with van der Waals surface area (Å²) in [4.78, 5) is 4.16. The average Bonchev–Trinajstić information content (AvgIpc) is 2.41. The Morgan fingerprint density at radius 3 is 2.70 bits per heavy atom. The Morgan fingerprint density at radius 1 is 1.30 bits per heavy atom. The van der Waals surface area contributed by atoms with Gasteiger partial charge in [-0.3, -0.25) is 4.98 Å². The minimum atomic E-state index is 0.350. The van der Waals surface area contributed by atoms with Crippen molar-refractivity contribution in [1.29, 1.82) is 0 Å². The molecule has 1 aromatic heterocycles. The van der Waals surface area contributed by atoms with E-state index in [0.717, 1.165) is 33.3 Å². The summed E-state index contributed by atoms with van der Waals surface area (Å²) in [7, 11) is 0. The molecular weight excluding hydrogens is 272 g/mol. The topological polar surface area (TPSA) is 48.1 Å². The predicted octanol–water partition coefficient (Wildman–Crippen LogP) is 4.42.